The summed E-state index contributed by atoms with van der Waals surface area (Å²) in [6, 6.07) is 41.6. The summed E-state index contributed by atoms with van der Waals surface area (Å²) >= 11 is 0. The molecule has 0 aromatic heterocycles. The molecule has 2 aliphatic heterocycles. The number of hydrogen-bond acceptors (Lipinski definition) is 3. The highest BCUT2D eigenvalue weighted by Crippen LogP contribution is 2.37. The predicted molar refractivity (Wildman–Crippen MR) is 163 cm³/mol. The third-order valence-corrected chi connectivity index (χ3v) is 7.83. The summed E-state index contributed by atoms with van der Waals surface area (Å²) in [5.74, 6) is 1.98. The van der Waals surface area contributed by atoms with Crippen LogP contribution < -0.4 is 5.46 Å². The molecular weight excluding hydrogens is 476 g/mol. The lowest BCUT2D eigenvalue weighted by Crippen LogP contribution is -2.32. The number of fused-ring (bicyclic) bond motifs is 7. The molecule has 0 atom stereocenters. The summed E-state index contributed by atoms with van der Waals surface area (Å²) in [4.78, 5) is 1.75. The van der Waals surface area contributed by atoms with Gasteiger partial charge in [0.2, 0.25) is 0 Å². The average Bonchev–Trinajstić information content (AvgIpc) is 3.46. The summed E-state index contributed by atoms with van der Waals surface area (Å²) in [7, 11) is -0.570. The van der Waals surface area contributed by atoms with Crippen LogP contribution in [0.1, 0.15) is 0 Å². The van der Waals surface area contributed by atoms with Crippen molar-refractivity contribution in [2.24, 2.45) is 0 Å². The van der Waals surface area contributed by atoms with Crippen LogP contribution in [0.2, 0.25) is 0 Å². The molecule has 0 aliphatic carbocycles. The Morgan fingerprint density at radius 3 is 1.62 bits per heavy atom. The lowest BCUT2D eigenvalue weighted by molar-refractivity contribution is 0.0960. The standard InChI is InChI=1S/C34H23B2NO2/c1-2-9-31-29(7-1)30-8-3-4-10-32(30)34-23-27(17-20-33(31)34)26-13-11-24(12-14-26)25-15-18-28(19-16-25)36-38-35-21-5-6-22-37(35)39-36/h1-23H. The van der Waals surface area contributed by atoms with Gasteiger partial charge in [0.05, 0.1) is 0 Å². The van der Waals surface area contributed by atoms with Crippen molar-refractivity contribution >= 4 is 51.9 Å². The van der Waals surface area contributed by atoms with Crippen LogP contribution in [-0.2, 0) is 9.33 Å². The first-order chi connectivity index (χ1) is 19.3. The maximum absolute atomic E-state index is 6.01. The van der Waals surface area contributed by atoms with Crippen LogP contribution in [-0.4, -0.2) is 19.1 Å². The molecule has 2 aliphatic rings. The van der Waals surface area contributed by atoms with Crippen molar-refractivity contribution in [1.82, 2.24) is 4.97 Å². The van der Waals surface area contributed by atoms with Gasteiger partial charge in [0.15, 0.2) is 0 Å². The summed E-state index contributed by atoms with van der Waals surface area (Å²) in [5.41, 5.74) is 5.78. The van der Waals surface area contributed by atoms with E-state index in [9.17, 15) is 0 Å². The topological polar surface area (TPSA) is 21.7 Å². The first kappa shape index (κ1) is 22.4. The highest BCUT2D eigenvalue weighted by Gasteiger charge is 2.41. The van der Waals surface area contributed by atoms with E-state index >= 15 is 0 Å². The van der Waals surface area contributed by atoms with E-state index in [1.54, 1.807) is 4.97 Å². The first-order valence-electron chi connectivity index (χ1n) is 13.3. The minimum Gasteiger partial charge on any atom is -0.447 e. The van der Waals surface area contributed by atoms with Crippen LogP contribution in [0.25, 0.3) is 54.6 Å². The van der Waals surface area contributed by atoms with Crippen molar-refractivity contribution in [3.63, 3.8) is 0 Å². The van der Waals surface area contributed by atoms with E-state index < -0.39 is 7.12 Å². The summed E-state index contributed by atoms with van der Waals surface area (Å²) < 4.78 is 11.9. The molecule has 0 bridgehead atoms. The number of nitrogens with zero attached hydrogens (tertiary/aromatic N) is 1. The van der Waals surface area contributed by atoms with Gasteiger partial charge in [-0.3, -0.25) is 4.97 Å². The highest BCUT2D eigenvalue weighted by molar-refractivity contribution is 6.74. The third-order valence-electron chi connectivity index (χ3n) is 7.83. The zero-order valence-electron chi connectivity index (χ0n) is 21.2. The number of allylic oxidation sites excluding steroid dienone is 2. The van der Waals surface area contributed by atoms with Gasteiger partial charge in [-0.25, -0.2) is 0 Å². The molecule has 0 amide bonds. The minimum atomic E-state index is -0.403. The minimum absolute atomic E-state index is 0.168. The Balaban J connectivity index is 1.11. The molecule has 182 valence electrons. The Kier molecular flexibility index (Phi) is 5.19. The van der Waals surface area contributed by atoms with Crippen molar-refractivity contribution in [3.8, 4) is 22.3 Å². The van der Waals surface area contributed by atoms with E-state index in [0.717, 1.165) is 11.0 Å². The molecule has 0 unspecified atom stereocenters. The molecule has 0 N–H and O–H groups in total. The fraction of sp³-hybridized carbons (Fsp3) is 0. The van der Waals surface area contributed by atoms with Crippen LogP contribution >= 0.6 is 0 Å². The van der Waals surface area contributed by atoms with Gasteiger partial charge in [0.25, 0.3) is 0 Å². The van der Waals surface area contributed by atoms with E-state index in [2.05, 4.69) is 115 Å². The zero-order chi connectivity index (χ0) is 25.8. The molecule has 0 radical (unpaired) electrons. The zero-order valence-corrected chi connectivity index (χ0v) is 21.2. The van der Waals surface area contributed by atoms with Crippen LogP contribution in [0.3, 0.4) is 0 Å². The molecule has 1 saturated heterocycles. The van der Waals surface area contributed by atoms with Gasteiger partial charge in [-0.15, -0.1) is 0 Å². The van der Waals surface area contributed by atoms with E-state index in [1.165, 1.54) is 49.0 Å². The molecule has 0 saturated carbocycles. The van der Waals surface area contributed by atoms with Crippen LogP contribution in [0.15, 0.2) is 140 Å². The van der Waals surface area contributed by atoms with Gasteiger partial charge in [0.1, 0.15) is 0 Å². The first-order valence-corrected chi connectivity index (χ1v) is 13.3. The smallest absolute Gasteiger partial charge is 0.447 e. The summed E-state index contributed by atoms with van der Waals surface area (Å²) in [6.07, 6.45) is 5.81. The van der Waals surface area contributed by atoms with E-state index in [1.807, 2.05) is 24.3 Å². The Bertz CT molecular complexity index is 1880. The number of benzene rings is 6. The molecule has 0 spiro atoms. The van der Waals surface area contributed by atoms with Gasteiger partial charge in [-0.2, -0.15) is 0 Å². The quantitative estimate of drug-likeness (QED) is 0.186. The van der Waals surface area contributed by atoms with Gasteiger partial charge < -0.3 is 9.33 Å². The average molecular weight is 499 g/mol. The third kappa shape index (κ3) is 3.78. The second-order valence-corrected chi connectivity index (χ2v) is 10.1. The van der Waals surface area contributed by atoms with Gasteiger partial charge >= 0.3 is 14.2 Å². The Labute approximate surface area is 227 Å². The molecule has 6 aromatic rings. The van der Waals surface area contributed by atoms with Crippen molar-refractivity contribution < 1.29 is 9.33 Å². The largest absolute Gasteiger partial charge is 0.502 e. The molecule has 1 fully saturated rings. The normalized spacial score (nSPS) is 14.6. The molecule has 8 rings (SSSR count). The Hall–Kier alpha value is -4.57. The maximum atomic E-state index is 6.01. The van der Waals surface area contributed by atoms with Crippen molar-refractivity contribution in [3.05, 3.63) is 140 Å². The molecular formula is C34H23B2NO2. The van der Waals surface area contributed by atoms with Crippen molar-refractivity contribution in [2.75, 3.05) is 0 Å². The van der Waals surface area contributed by atoms with E-state index in [0.29, 0.717) is 0 Å². The van der Waals surface area contributed by atoms with Crippen LogP contribution in [0.5, 0.6) is 0 Å². The fourth-order valence-corrected chi connectivity index (χ4v) is 5.84. The van der Waals surface area contributed by atoms with Crippen molar-refractivity contribution in [2.45, 2.75) is 0 Å². The maximum Gasteiger partial charge on any atom is 0.502 e. The molecule has 3 nitrogen and oxygen atoms in total. The summed E-state index contributed by atoms with van der Waals surface area (Å²) in [6.45, 7) is 0. The fourth-order valence-electron chi connectivity index (χ4n) is 5.84. The number of hydroxylamine groups is 1. The second kappa shape index (κ2) is 9.02. The lowest BCUT2D eigenvalue weighted by atomic mass is 9.73. The highest BCUT2D eigenvalue weighted by atomic mass is 16.8. The van der Waals surface area contributed by atoms with Gasteiger partial charge in [-0.05, 0) is 72.2 Å². The lowest BCUT2D eigenvalue weighted by Gasteiger charge is -2.15. The van der Waals surface area contributed by atoms with E-state index in [-0.39, 0.29) is 7.05 Å². The molecule has 5 heteroatoms. The predicted octanol–water partition coefficient (Wildman–Crippen LogP) is 7.55. The van der Waals surface area contributed by atoms with Gasteiger partial charge in [-0.1, -0.05) is 121 Å². The SMILES string of the molecule is C1=CB2OB(c3ccc(-c4ccc(-c5ccc6c7ccccc7c7ccccc7c6c5)cc4)cc3)ON2C=C1. The molecule has 6 aromatic carbocycles. The Morgan fingerprint density at radius 2 is 1.00 bits per heavy atom. The van der Waals surface area contributed by atoms with Crippen LogP contribution in [0.4, 0.5) is 0 Å². The number of hydrogen-bond donors (Lipinski definition) is 0. The van der Waals surface area contributed by atoms with E-state index in [4.69, 9.17) is 9.33 Å². The summed E-state index contributed by atoms with van der Waals surface area (Å²) in [5, 5.41) is 7.79. The Morgan fingerprint density at radius 1 is 0.487 bits per heavy atom. The molecule has 39 heavy (non-hydrogen) atoms. The van der Waals surface area contributed by atoms with Crippen molar-refractivity contribution in [1.29, 1.82) is 0 Å². The second-order valence-electron chi connectivity index (χ2n) is 10.1. The monoisotopic (exact) mass is 499 g/mol. The number of rotatable bonds is 3. The van der Waals surface area contributed by atoms with Crippen LogP contribution in [0, 0.1) is 0 Å². The molecule has 2 heterocycles. The van der Waals surface area contributed by atoms with Gasteiger partial charge in [0, 0.05) is 6.20 Å².